The Bertz CT molecular complexity index is 542. The lowest BCUT2D eigenvalue weighted by Gasteiger charge is -2.19. The number of hydrogen-bond donors (Lipinski definition) is 2. The summed E-state index contributed by atoms with van der Waals surface area (Å²) in [5, 5.41) is 11.7. The number of nitrogens with zero attached hydrogens (tertiary/aromatic N) is 1. The average Bonchev–Trinajstić information content (AvgIpc) is 3.02. The Morgan fingerprint density at radius 1 is 1.62 bits per heavy atom. The molecule has 1 aromatic rings. The molecule has 0 aliphatic carbocycles. The minimum atomic E-state index is -0.146. The molecule has 1 fully saturated rings. The molecule has 2 unspecified atom stereocenters. The Hall–Kier alpha value is -1.90. The van der Waals surface area contributed by atoms with Crippen LogP contribution in [0.4, 0.5) is 0 Å². The van der Waals surface area contributed by atoms with Gasteiger partial charge in [0.25, 0.3) is 5.91 Å². The van der Waals surface area contributed by atoms with E-state index < -0.39 is 0 Å². The van der Waals surface area contributed by atoms with Gasteiger partial charge in [0, 0.05) is 42.9 Å². The molecular formula is C16H20N2O3. The van der Waals surface area contributed by atoms with Crippen LogP contribution in [0.15, 0.2) is 18.5 Å². The molecule has 0 aromatic carbocycles. The molecule has 0 spiro atoms. The van der Waals surface area contributed by atoms with E-state index in [0.29, 0.717) is 30.1 Å². The maximum absolute atomic E-state index is 12.2. The van der Waals surface area contributed by atoms with Crippen LogP contribution in [-0.2, 0) is 4.74 Å². The fraction of sp³-hybridized carbons (Fsp3) is 0.500. The summed E-state index contributed by atoms with van der Waals surface area (Å²) in [6.07, 6.45) is 4.53. The molecule has 2 heterocycles. The molecule has 5 heteroatoms. The Balaban J connectivity index is 1.98. The van der Waals surface area contributed by atoms with Gasteiger partial charge in [-0.2, -0.15) is 0 Å². The van der Waals surface area contributed by atoms with E-state index in [4.69, 9.17) is 9.84 Å². The number of ether oxygens (including phenoxy) is 1. The Labute approximate surface area is 124 Å². The van der Waals surface area contributed by atoms with Crippen molar-refractivity contribution in [3.05, 3.63) is 29.6 Å². The van der Waals surface area contributed by atoms with E-state index >= 15 is 0 Å². The molecule has 2 rings (SSSR count). The zero-order valence-corrected chi connectivity index (χ0v) is 12.1. The maximum Gasteiger partial charge on any atom is 0.253 e. The number of carbonyl (C=O) groups is 1. The lowest BCUT2D eigenvalue weighted by molar-refractivity contribution is 0.0922. The first-order chi connectivity index (χ1) is 10.2. The van der Waals surface area contributed by atoms with Gasteiger partial charge in [-0.05, 0) is 19.4 Å². The van der Waals surface area contributed by atoms with Crippen LogP contribution < -0.4 is 5.32 Å². The van der Waals surface area contributed by atoms with Crippen LogP contribution >= 0.6 is 0 Å². The number of pyridine rings is 1. The van der Waals surface area contributed by atoms with Gasteiger partial charge in [-0.15, -0.1) is 0 Å². The smallest absolute Gasteiger partial charge is 0.253 e. The summed E-state index contributed by atoms with van der Waals surface area (Å²) in [6, 6.07) is 1.79. The molecule has 1 aliphatic heterocycles. The molecule has 1 aliphatic rings. The van der Waals surface area contributed by atoms with Gasteiger partial charge in [-0.25, -0.2) is 0 Å². The summed E-state index contributed by atoms with van der Waals surface area (Å²) < 4.78 is 5.34. The highest BCUT2D eigenvalue weighted by molar-refractivity contribution is 5.94. The summed E-state index contributed by atoms with van der Waals surface area (Å²) >= 11 is 0. The van der Waals surface area contributed by atoms with Crippen LogP contribution in [0.3, 0.4) is 0 Å². The van der Waals surface area contributed by atoms with E-state index in [1.165, 1.54) is 6.20 Å². The zero-order chi connectivity index (χ0) is 15.1. The summed E-state index contributed by atoms with van der Waals surface area (Å²) in [6.45, 7) is 3.49. The van der Waals surface area contributed by atoms with Gasteiger partial charge in [0.15, 0.2) is 0 Å². The van der Waals surface area contributed by atoms with Crippen molar-refractivity contribution in [1.82, 2.24) is 10.3 Å². The lowest BCUT2D eigenvalue weighted by Crippen LogP contribution is -2.38. The normalized spacial score (nSPS) is 18.7. The largest absolute Gasteiger partial charge is 0.395 e. The molecule has 1 aromatic heterocycles. The summed E-state index contributed by atoms with van der Waals surface area (Å²) in [4.78, 5) is 16.3. The second kappa shape index (κ2) is 7.77. The highest BCUT2D eigenvalue weighted by atomic mass is 16.5. The predicted molar refractivity (Wildman–Crippen MR) is 78.7 cm³/mol. The molecule has 1 saturated heterocycles. The van der Waals surface area contributed by atoms with Crippen LogP contribution in [0.2, 0.25) is 0 Å². The minimum Gasteiger partial charge on any atom is -0.395 e. The van der Waals surface area contributed by atoms with Gasteiger partial charge in [0.1, 0.15) is 0 Å². The van der Waals surface area contributed by atoms with Crippen molar-refractivity contribution in [2.45, 2.75) is 25.8 Å². The van der Waals surface area contributed by atoms with Crippen molar-refractivity contribution in [2.24, 2.45) is 5.92 Å². The Morgan fingerprint density at radius 3 is 3.19 bits per heavy atom. The van der Waals surface area contributed by atoms with Crippen LogP contribution in [0.1, 0.15) is 35.7 Å². The molecule has 21 heavy (non-hydrogen) atoms. The van der Waals surface area contributed by atoms with Crippen molar-refractivity contribution in [2.75, 3.05) is 19.8 Å². The standard InChI is InChI=1S/C16H20N2O3/c1-12(14-5-7-21-11-14)18-16(20)15-8-13(9-17-10-15)4-2-3-6-19/h8-10,12,14,19H,3,5-7,11H2,1H3,(H,18,20). The third-order valence-electron chi connectivity index (χ3n) is 3.50. The molecule has 2 atom stereocenters. The average molecular weight is 288 g/mol. The van der Waals surface area contributed by atoms with Gasteiger partial charge in [0.05, 0.1) is 18.8 Å². The van der Waals surface area contributed by atoms with E-state index in [-0.39, 0.29) is 18.6 Å². The second-order valence-corrected chi connectivity index (χ2v) is 5.12. The number of amides is 1. The fourth-order valence-electron chi connectivity index (χ4n) is 2.21. The zero-order valence-electron chi connectivity index (χ0n) is 12.1. The molecule has 0 radical (unpaired) electrons. The van der Waals surface area contributed by atoms with Crippen LogP contribution in [0.5, 0.6) is 0 Å². The first-order valence-corrected chi connectivity index (χ1v) is 7.14. The van der Waals surface area contributed by atoms with Gasteiger partial charge in [0.2, 0.25) is 0 Å². The number of rotatable bonds is 4. The maximum atomic E-state index is 12.2. The van der Waals surface area contributed by atoms with E-state index in [2.05, 4.69) is 22.1 Å². The molecule has 5 nitrogen and oxygen atoms in total. The topological polar surface area (TPSA) is 71.5 Å². The molecule has 112 valence electrons. The van der Waals surface area contributed by atoms with Crippen molar-refractivity contribution < 1.29 is 14.6 Å². The Kier molecular flexibility index (Phi) is 5.73. The third kappa shape index (κ3) is 4.55. The first kappa shape index (κ1) is 15.5. The van der Waals surface area contributed by atoms with Crippen molar-refractivity contribution in [1.29, 1.82) is 0 Å². The van der Waals surface area contributed by atoms with E-state index in [0.717, 1.165) is 13.0 Å². The number of hydrogen-bond acceptors (Lipinski definition) is 4. The van der Waals surface area contributed by atoms with Crippen LogP contribution in [0, 0.1) is 17.8 Å². The number of nitrogens with one attached hydrogen (secondary N) is 1. The van der Waals surface area contributed by atoms with Crippen LogP contribution in [0.25, 0.3) is 0 Å². The summed E-state index contributed by atoms with van der Waals surface area (Å²) in [7, 11) is 0. The van der Waals surface area contributed by atoms with Gasteiger partial charge in [-0.1, -0.05) is 11.8 Å². The highest BCUT2D eigenvalue weighted by Crippen LogP contribution is 2.16. The summed E-state index contributed by atoms with van der Waals surface area (Å²) in [5.41, 5.74) is 1.17. The molecule has 0 bridgehead atoms. The highest BCUT2D eigenvalue weighted by Gasteiger charge is 2.23. The van der Waals surface area contributed by atoms with Crippen molar-refractivity contribution in [3.63, 3.8) is 0 Å². The van der Waals surface area contributed by atoms with Gasteiger partial charge < -0.3 is 15.2 Å². The van der Waals surface area contributed by atoms with Gasteiger partial charge in [-0.3, -0.25) is 9.78 Å². The summed E-state index contributed by atoms with van der Waals surface area (Å²) in [5.74, 6) is 5.92. The minimum absolute atomic E-state index is 0.0293. The lowest BCUT2D eigenvalue weighted by atomic mass is 10.0. The molecule has 1 amide bonds. The SMILES string of the molecule is CC(NC(=O)c1cncc(C#CCCO)c1)C1CCOC1. The van der Waals surface area contributed by atoms with Crippen molar-refractivity contribution in [3.8, 4) is 11.8 Å². The van der Waals surface area contributed by atoms with Crippen LogP contribution in [-0.4, -0.2) is 41.9 Å². The number of aliphatic hydroxyl groups is 1. The monoisotopic (exact) mass is 288 g/mol. The molecular weight excluding hydrogens is 268 g/mol. The first-order valence-electron chi connectivity index (χ1n) is 7.14. The van der Waals surface area contributed by atoms with E-state index in [9.17, 15) is 4.79 Å². The van der Waals surface area contributed by atoms with E-state index in [1.807, 2.05) is 6.92 Å². The van der Waals surface area contributed by atoms with E-state index in [1.54, 1.807) is 12.3 Å². The second-order valence-electron chi connectivity index (χ2n) is 5.12. The number of aromatic nitrogens is 1. The Morgan fingerprint density at radius 2 is 2.48 bits per heavy atom. The number of carbonyl (C=O) groups excluding carboxylic acids is 1. The molecule has 0 saturated carbocycles. The van der Waals surface area contributed by atoms with Gasteiger partial charge >= 0.3 is 0 Å². The quantitative estimate of drug-likeness (QED) is 0.810. The number of aliphatic hydroxyl groups excluding tert-OH is 1. The fourth-order valence-corrected chi connectivity index (χ4v) is 2.21. The molecule has 2 N–H and O–H groups in total. The van der Waals surface area contributed by atoms with Crippen molar-refractivity contribution >= 4 is 5.91 Å². The third-order valence-corrected chi connectivity index (χ3v) is 3.50. The predicted octanol–water partition coefficient (Wildman–Crippen LogP) is 0.970.